The van der Waals surface area contributed by atoms with Gasteiger partial charge in [-0.25, -0.2) is 17.8 Å². The predicted octanol–water partition coefficient (Wildman–Crippen LogP) is 1.79. The molecule has 1 aliphatic rings. The number of nitrogens with zero attached hydrogens (tertiary/aromatic N) is 5. The van der Waals surface area contributed by atoms with Gasteiger partial charge in [0.1, 0.15) is 17.3 Å². The molecule has 31 heavy (non-hydrogen) atoms. The molecule has 1 saturated heterocycles. The monoisotopic (exact) mass is 446 g/mol. The van der Waals surface area contributed by atoms with Crippen molar-refractivity contribution in [2.45, 2.75) is 18.4 Å². The van der Waals surface area contributed by atoms with Crippen molar-refractivity contribution in [3.8, 4) is 11.3 Å². The lowest BCUT2D eigenvalue weighted by Crippen LogP contribution is -2.37. The van der Waals surface area contributed by atoms with Crippen LogP contribution in [0.3, 0.4) is 0 Å². The van der Waals surface area contributed by atoms with Crippen molar-refractivity contribution >= 4 is 15.9 Å². The highest BCUT2D eigenvalue weighted by Gasteiger charge is 2.31. The number of sulfonamides is 1. The molecule has 1 aliphatic heterocycles. The summed E-state index contributed by atoms with van der Waals surface area (Å²) in [5.74, 6) is 0.00992. The van der Waals surface area contributed by atoms with Crippen LogP contribution in [0.1, 0.15) is 22.7 Å². The van der Waals surface area contributed by atoms with Crippen LogP contribution < -0.4 is 0 Å². The first-order valence-electron chi connectivity index (χ1n) is 9.86. The number of amides is 1. The van der Waals surface area contributed by atoms with Crippen molar-refractivity contribution < 1.29 is 17.6 Å². The largest absolute Gasteiger partial charge is 0.337 e. The molecule has 9 nitrogen and oxygen atoms in total. The Morgan fingerprint density at radius 2 is 1.87 bits per heavy atom. The Hall–Kier alpha value is -3.05. The standard InChI is InChI=1S/C20H23FN6O3S/c1-14-22-19(13-25(14)2)31(29,30)27-9-3-8-26(10-11-27)20(28)18-12-17(23-24-18)15-4-6-16(21)7-5-15/h4-7,12-13H,3,8-11H2,1-2H3,(H,23,24). The van der Waals surface area contributed by atoms with Gasteiger partial charge < -0.3 is 9.47 Å². The van der Waals surface area contributed by atoms with Crippen LogP contribution in [0.4, 0.5) is 4.39 Å². The summed E-state index contributed by atoms with van der Waals surface area (Å²) in [7, 11) is -1.98. The van der Waals surface area contributed by atoms with E-state index in [2.05, 4.69) is 15.2 Å². The maximum atomic E-state index is 13.1. The fourth-order valence-corrected chi connectivity index (χ4v) is 4.99. The third-order valence-corrected chi connectivity index (χ3v) is 7.15. The average molecular weight is 447 g/mol. The lowest BCUT2D eigenvalue weighted by molar-refractivity contribution is 0.0758. The average Bonchev–Trinajstić information content (AvgIpc) is 3.27. The fraction of sp³-hybridized carbons (Fsp3) is 0.350. The molecule has 0 unspecified atom stereocenters. The number of carbonyl (C=O) groups is 1. The van der Waals surface area contributed by atoms with Crippen LogP contribution in [-0.4, -0.2) is 69.5 Å². The van der Waals surface area contributed by atoms with E-state index in [1.807, 2.05) is 0 Å². The summed E-state index contributed by atoms with van der Waals surface area (Å²) in [4.78, 5) is 18.7. The molecule has 0 saturated carbocycles. The van der Waals surface area contributed by atoms with Gasteiger partial charge in [0.25, 0.3) is 15.9 Å². The van der Waals surface area contributed by atoms with Crippen LogP contribution in [0.25, 0.3) is 11.3 Å². The second-order valence-electron chi connectivity index (χ2n) is 7.46. The Balaban J connectivity index is 1.46. The number of rotatable bonds is 4. The Labute approximate surface area is 179 Å². The van der Waals surface area contributed by atoms with Crippen molar-refractivity contribution in [3.05, 3.63) is 53.9 Å². The third kappa shape index (κ3) is 4.23. The second kappa shape index (κ2) is 8.23. The summed E-state index contributed by atoms with van der Waals surface area (Å²) in [6.45, 7) is 2.92. The van der Waals surface area contributed by atoms with Crippen LogP contribution in [0.5, 0.6) is 0 Å². The number of carbonyl (C=O) groups excluding carboxylic acids is 1. The quantitative estimate of drug-likeness (QED) is 0.658. The van der Waals surface area contributed by atoms with Gasteiger partial charge in [-0.15, -0.1) is 0 Å². The fourth-order valence-electron chi connectivity index (χ4n) is 3.49. The van der Waals surface area contributed by atoms with Gasteiger partial charge in [-0.1, -0.05) is 0 Å². The van der Waals surface area contributed by atoms with Gasteiger partial charge in [-0.3, -0.25) is 9.89 Å². The van der Waals surface area contributed by atoms with E-state index in [9.17, 15) is 17.6 Å². The predicted molar refractivity (Wildman–Crippen MR) is 111 cm³/mol. The SMILES string of the molecule is Cc1nc(S(=O)(=O)N2CCCN(C(=O)c3cc(-c4ccc(F)cc4)n[nH]3)CC2)cn1C. The topological polar surface area (TPSA) is 104 Å². The number of nitrogens with one attached hydrogen (secondary N) is 1. The summed E-state index contributed by atoms with van der Waals surface area (Å²) < 4.78 is 42.0. The molecular weight excluding hydrogens is 423 g/mol. The number of aromatic amines is 1. The first-order valence-corrected chi connectivity index (χ1v) is 11.3. The molecule has 0 radical (unpaired) electrons. The Morgan fingerprint density at radius 1 is 1.13 bits per heavy atom. The zero-order chi connectivity index (χ0) is 22.2. The van der Waals surface area contributed by atoms with Gasteiger partial charge in [0, 0.05) is 45.0 Å². The number of hydrogen-bond donors (Lipinski definition) is 1. The number of aryl methyl sites for hydroxylation is 2. The highest BCUT2D eigenvalue weighted by Crippen LogP contribution is 2.20. The first kappa shape index (κ1) is 21.2. The number of halogens is 1. The normalized spacial score (nSPS) is 15.8. The number of H-pyrrole nitrogens is 1. The van der Waals surface area contributed by atoms with E-state index >= 15 is 0 Å². The Kier molecular flexibility index (Phi) is 5.63. The summed E-state index contributed by atoms with van der Waals surface area (Å²) in [6, 6.07) is 7.46. The van der Waals surface area contributed by atoms with E-state index in [0.717, 1.165) is 0 Å². The van der Waals surface area contributed by atoms with Crippen LogP contribution in [-0.2, 0) is 17.1 Å². The van der Waals surface area contributed by atoms with E-state index in [0.29, 0.717) is 42.3 Å². The van der Waals surface area contributed by atoms with Crippen molar-refractivity contribution in [3.63, 3.8) is 0 Å². The molecule has 1 N–H and O–H groups in total. The molecule has 0 atom stereocenters. The molecule has 1 aromatic carbocycles. The van der Waals surface area contributed by atoms with Gasteiger partial charge in [0.15, 0.2) is 5.03 Å². The molecule has 0 aliphatic carbocycles. The van der Waals surface area contributed by atoms with Gasteiger partial charge >= 0.3 is 0 Å². The van der Waals surface area contributed by atoms with E-state index in [4.69, 9.17) is 0 Å². The molecule has 164 valence electrons. The smallest absolute Gasteiger partial charge is 0.271 e. The first-order chi connectivity index (χ1) is 14.8. The molecule has 3 heterocycles. The molecule has 1 fully saturated rings. The number of imidazole rings is 1. The number of benzene rings is 1. The lowest BCUT2D eigenvalue weighted by atomic mass is 10.1. The summed E-state index contributed by atoms with van der Waals surface area (Å²) in [6.07, 6.45) is 2.01. The minimum atomic E-state index is -3.72. The zero-order valence-corrected chi connectivity index (χ0v) is 18.1. The molecular formula is C20H23FN6O3S. The molecule has 1 amide bonds. The van der Waals surface area contributed by atoms with E-state index < -0.39 is 10.0 Å². The molecule has 2 aromatic heterocycles. The minimum absolute atomic E-state index is 0.0183. The summed E-state index contributed by atoms with van der Waals surface area (Å²) in [5, 5.41) is 6.90. The van der Waals surface area contributed by atoms with Crippen LogP contribution >= 0.6 is 0 Å². The van der Waals surface area contributed by atoms with Crippen LogP contribution in [0.2, 0.25) is 0 Å². The maximum Gasteiger partial charge on any atom is 0.271 e. The third-order valence-electron chi connectivity index (χ3n) is 5.38. The highest BCUT2D eigenvalue weighted by molar-refractivity contribution is 7.89. The molecule has 3 aromatic rings. The zero-order valence-electron chi connectivity index (χ0n) is 17.2. The van der Waals surface area contributed by atoms with Gasteiger partial charge in [0.2, 0.25) is 0 Å². The summed E-state index contributed by atoms with van der Waals surface area (Å²) >= 11 is 0. The van der Waals surface area contributed by atoms with Crippen LogP contribution in [0, 0.1) is 12.7 Å². The number of hydrogen-bond acceptors (Lipinski definition) is 5. The van der Waals surface area contributed by atoms with Crippen molar-refractivity contribution in [1.29, 1.82) is 0 Å². The molecule has 4 rings (SSSR count). The highest BCUT2D eigenvalue weighted by atomic mass is 32.2. The number of aromatic nitrogens is 4. The van der Waals surface area contributed by atoms with Crippen molar-refractivity contribution in [2.75, 3.05) is 26.2 Å². The Morgan fingerprint density at radius 3 is 2.55 bits per heavy atom. The molecule has 0 bridgehead atoms. The minimum Gasteiger partial charge on any atom is -0.337 e. The maximum absolute atomic E-state index is 13.1. The lowest BCUT2D eigenvalue weighted by Gasteiger charge is -2.20. The van der Waals surface area contributed by atoms with Gasteiger partial charge in [0.05, 0.1) is 5.69 Å². The van der Waals surface area contributed by atoms with Crippen molar-refractivity contribution in [2.24, 2.45) is 7.05 Å². The van der Waals surface area contributed by atoms with E-state index in [1.165, 1.54) is 22.6 Å². The Bertz CT molecular complexity index is 1180. The second-order valence-corrected chi connectivity index (χ2v) is 9.35. The van der Waals surface area contributed by atoms with Gasteiger partial charge in [-0.05, 0) is 43.7 Å². The summed E-state index contributed by atoms with van der Waals surface area (Å²) in [5.41, 5.74) is 1.53. The van der Waals surface area contributed by atoms with Crippen molar-refractivity contribution in [1.82, 2.24) is 29.0 Å². The van der Waals surface area contributed by atoms with Gasteiger partial charge in [-0.2, -0.15) is 9.40 Å². The van der Waals surface area contributed by atoms with E-state index in [-0.39, 0.29) is 29.8 Å². The molecule has 11 heteroatoms. The van der Waals surface area contributed by atoms with Crippen LogP contribution in [0.15, 0.2) is 41.6 Å². The van der Waals surface area contributed by atoms with E-state index in [1.54, 1.807) is 41.6 Å². The molecule has 0 spiro atoms.